The topological polar surface area (TPSA) is 67.2 Å². The number of hydrogen-bond donors (Lipinski definition) is 2. The summed E-state index contributed by atoms with van der Waals surface area (Å²) in [5, 5.41) is 16.0. The van der Waals surface area contributed by atoms with Crippen molar-refractivity contribution in [1.29, 1.82) is 0 Å². The summed E-state index contributed by atoms with van der Waals surface area (Å²) in [4.78, 5) is 17.5. The molecule has 1 aromatic heterocycles. The number of fused-ring (bicyclic) bond motifs is 3. The van der Waals surface area contributed by atoms with E-state index < -0.39 is 6.10 Å². The minimum absolute atomic E-state index is 0.116. The van der Waals surface area contributed by atoms with Gasteiger partial charge in [0.1, 0.15) is 0 Å². The quantitative estimate of drug-likeness (QED) is 0.641. The molecule has 1 saturated heterocycles. The van der Waals surface area contributed by atoms with Crippen LogP contribution in [0.1, 0.15) is 12.5 Å². The van der Waals surface area contributed by atoms with Crippen molar-refractivity contribution < 1.29 is 5.11 Å². The van der Waals surface area contributed by atoms with Gasteiger partial charge in [-0.2, -0.15) is 0 Å². The van der Waals surface area contributed by atoms with E-state index in [1.165, 1.54) is 0 Å². The second-order valence-electron chi connectivity index (χ2n) is 5.88. The van der Waals surface area contributed by atoms with Crippen LogP contribution in [0.4, 0.5) is 0 Å². The zero-order valence-corrected chi connectivity index (χ0v) is 14.0. The Balaban J connectivity index is 1.98. The zero-order valence-electron chi connectivity index (χ0n) is 12.4. The maximum absolute atomic E-state index is 12.9. The number of nitrogens with one attached hydrogen (secondary N) is 1. The van der Waals surface area contributed by atoms with E-state index in [-0.39, 0.29) is 11.6 Å². The molecule has 5 nitrogen and oxygen atoms in total. The summed E-state index contributed by atoms with van der Waals surface area (Å²) >= 11 is 3.55. The van der Waals surface area contributed by atoms with E-state index in [0.717, 1.165) is 21.8 Å². The van der Waals surface area contributed by atoms with Gasteiger partial charge in [-0.1, -0.05) is 40.2 Å². The average molecular weight is 374 g/mol. The molecular formula is C17H16BrN3O2. The van der Waals surface area contributed by atoms with Gasteiger partial charge in [0, 0.05) is 16.4 Å². The van der Waals surface area contributed by atoms with Crippen LogP contribution in [0.3, 0.4) is 0 Å². The monoisotopic (exact) mass is 373 g/mol. The summed E-state index contributed by atoms with van der Waals surface area (Å²) in [6.07, 6.45) is 1.67. The SMILES string of the molecule is O=c1c2cc(Br)c3ccccc3c2ncn1[C@H]1CNCC[C@@H]1O. The maximum Gasteiger partial charge on any atom is 0.261 e. The van der Waals surface area contributed by atoms with Crippen LogP contribution in [0.5, 0.6) is 0 Å². The highest BCUT2D eigenvalue weighted by atomic mass is 79.9. The molecule has 2 atom stereocenters. The number of halogens is 1. The van der Waals surface area contributed by atoms with E-state index in [1.54, 1.807) is 10.9 Å². The fourth-order valence-corrected chi connectivity index (χ4v) is 3.85. The molecule has 1 fully saturated rings. The fourth-order valence-electron chi connectivity index (χ4n) is 3.28. The normalized spacial score (nSPS) is 21.8. The molecule has 1 aliphatic heterocycles. The molecule has 2 heterocycles. The number of hydrogen-bond acceptors (Lipinski definition) is 4. The standard InChI is InChI=1S/C17H16BrN3O2/c18-13-7-12-16(11-4-2-1-3-10(11)13)20-9-21(17(12)23)14-8-19-6-5-15(14)22/h1-4,7,9,14-15,19,22H,5-6,8H2/t14-,15-/m0/s1. The summed E-state index contributed by atoms with van der Waals surface area (Å²) in [5.74, 6) is 0. The van der Waals surface area contributed by atoms with Gasteiger partial charge in [-0.15, -0.1) is 0 Å². The Hall–Kier alpha value is -1.76. The van der Waals surface area contributed by atoms with Crippen LogP contribution >= 0.6 is 15.9 Å². The van der Waals surface area contributed by atoms with E-state index >= 15 is 0 Å². The molecular weight excluding hydrogens is 358 g/mol. The summed E-state index contributed by atoms with van der Waals surface area (Å²) < 4.78 is 2.43. The molecule has 4 rings (SSSR count). The van der Waals surface area contributed by atoms with E-state index in [1.807, 2.05) is 30.3 Å². The molecule has 0 unspecified atom stereocenters. The summed E-state index contributed by atoms with van der Waals surface area (Å²) in [6, 6.07) is 9.42. The molecule has 0 bridgehead atoms. The first-order chi connectivity index (χ1) is 11.2. The van der Waals surface area contributed by atoms with Crippen molar-refractivity contribution in [3.05, 3.63) is 51.5 Å². The summed E-state index contributed by atoms with van der Waals surface area (Å²) in [6.45, 7) is 1.34. The van der Waals surface area contributed by atoms with Crippen molar-refractivity contribution in [2.24, 2.45) is 0 Å². The van der Waals surface area contributed by atoms with Gasteiger partial charge in [-0.3, -0.25) is 9.36 Å². The van der Waals surface area contributed by atoms with Gasteiger partial charge in [0.2, 0.25) is 0 Å². The van der Waals surface area contributed by atoms with Crippen LogP contribution in [0.15, 0.2) is 45.9 Å². The first-order valence-corrected chi connectivity index (χ1v) is 8.43. The van der Waals surface area contributed by atoms with Crippen LogP contribution in [-0.4, -0.2) is 33.9 Å². The van der Waals surface area contributed by atoms with Crippen LogP contribution < -0.4 is 10.9 Å². The molecule has 6 heteroatoms. The molecule has 0 saturated carbocycles. The number of rotatable bonds is 1. The van der Waals surface area contributed by atoms with Gasteiger partial charge < -0.3 is 10.4 Å². The highest BCUT2D eigenvalue weighted by Gasteiger charge is 2.26. The highest BCUT2D eigenvalue weighted by molar-refractivity contribution is 9.10. The Morgan fingerprint density at radius 2 is 2.04 bits per heavy atom. The van der Waals surface area contributed by atoms with Crippen molar-refractivity contribution in [1.82, 2.24) is 14.9 Å². The minimum Gasteiger partial charge on any atom is -0.391 e. The van der Waals surface area contributed by atoms with Crippen LogP contribution in [0.2, 0.25) is 0 Å². The van der Waals surface area contributed by atoms with Gasteiger partial charge >= 0.3 is 0 Å². The Morgan fingerprint density at radius 1 is 1.26 bits per heavy atom. The summed E-state index contributed by atoms with van der Waals surface area (Å²) in [5.41, 5.74) is 0.581. The van der Waals surface area contributed by atoms with Crippen molar-refractivity contribution in [3.8, 4) is 0 Å². The minimum atomic E-state index is -0.530. The van der Waals surface area contributed by atoms with Crippen molar-refractivity contribution in [3.63, 3.8) is 0 Å². The third-order valence-electron chi connectivity index (χ3n) is 4.51. The second-order valence-corrected chi connectivity index (χ2v) is 6.74. The molecule has 0 aliphatic carbocycles. The van der Waals surface area contributed by atoms with E-state index in [9.17, 15) is 9.90 Å². The lowest BCUT2D eigenvalue weighted by atomic mass is 10.0. The van der Waals surface area contributed by atoms with Crippen molar-refractivity contribution >= 4 is 37.6 Å². The van der Waals surface area contributed by atoms with E-state index in [2.05, 4.69) is 26.2 Å². The molecule has 118 valence electrons. The van der Waals surface area contributed by atoms with Gasteiger partial charge in [-0.05, 0) is 24.4 Å². The Morgan fingerprint density at radius 3 is 2.83 bits per heavy atom. The van der Waals surface area contributed by atoms with Crippen molar-refractivity contribution in [2.45, 2.75) is 18.6 Å². The molecule has 3 aromatic rings. The van der Waals surface area contributed by atoms with Gasteiger partial charge in [0.25, 0.3) is 5.56 Å². The van der Waals surface area contributed by atoms with Crippen LogP contribution in [0, 0.1) is 0 Å². The Bertz CT molecular complexity index is 954. The molecule has 0 radical (unpaired) electrons. The smallest absolute Gasteiger partial charge is 0.261 e. The molecule has 23 heavy (non-hydrogen) atoms. The van der Waals surface area contributed by atoms with Gasteiger partial charge in [0.15, 0.2) is 0 Å². The second kappa shape index (κ2) is 5.70. The lowest BCUT2D eigenvalue weighted by Gasteiger charge is -2.29. The number of aromatic nitrogens is 2. The fraction of sp³-hybridized carbons (Fsp3) is 0.294. The average Bonchev–Trinajstić information content (AvgIpc) is 2.57. The first kappa shape index (κ1) is 14.8. The van der Waals surface area contributed by atoms with Crippen LogP contribution in [0.25, 0.3) is 21.7 Å². The number of piperidine rings is 1. The predicted octanol–water partition coefficient (Wildman–Crippen LogP) is 2.21. The van der Waals surface area contributed by atoms with E-state index in [4.69, 9.17) is 0 Å². The van der Waals surface area contributed by atoms with Gasteiger partial charge in [-0.25, -0.2) is 4.98 Å². The maximum atomic E-state index is 12.9. The Kier molecular flexibility index (Phi) is 3.67. The predicted molar refractivity (Wildman–Crippen MR) is 93.7 cm³/mol. The molecule has 1 aliphatic rings. The summed E-state index contributed by atoms with van der Waals surface area (Å²) in [7, 11) is 0. The van der Waals surface area contributed by atoms with Crippen molar-refractivity contribution in [2.75, 3.05) is 13.1 Å². The molecule has 2 aromatic carbocycles. The van der Waals surface area contributed by atoms with Gasteiger partial charge in [0.05, 0.1) is 29.4 Å². The molecule has 0 spiro atoms. The lowest BCUT2D eigenvalue weighted by Crippen LogP contribution is -2.44. The molecule has 2 N–H and O–H groups in total. The Labute approximate surface area is 141 Å². The number of aliphatic hydroxyl groups excluding tert-OH is 1. The number of nitrogens with zero attached hydrogens (tertiary/aromatic N) is 2. The number of benzene rings is 2. The molecule has 0 amide bonds. The number of aliphatic hydroxyl groups is 1. The first-order valence-electron chi connectivity index (χ1n) is 7.63. The van der Waals surface area contributed by atoms with E-state index in [0.29, 0.717) is 23.9 Å². The third kappa shape index (κ3) is 2.38. The third-order valence-corrected chi connectivity index (χ3v) is 5.17. The van der Waals surface area contributed by atoms with Crippen LogP contribution in [-0.2, 0) is 0 Å². The zero-order chi connectivity index (χ0) is 16.0. The largest absolute Gasteiger partial charge is 0.391 e. The lowest BCUT2D eigenvalue weighted by molar-refractivity contribution is 0.0823. The highest BCUT2D eigenvalue weighted by Crippen LogP contribution is 2.29.